The number of anilines is 1. The number of ketones is 1. The van der Waals surface area contributed by atoms with E-state index in [4.69, 9.17) is 21.3 Å². The van der Waals surface area contributed by atoms with Crippen molar-refractivity contribution in [1.29, 1.82) is 0 Å². The Bertz CT molecular complexity index is 2320. The predicted octanol–water partition coefficient (Wildman–Crippen LogP) is 9.94. The molecule has 0 fully saturated rings. The van der Waals surface area contributed by atoms with Crippen LogP contribution in [0.4, 0.5) is 14.9 Å². The van der Waals surface area contributed by atoms with E-state index in [0.717, 1.165) is 21.6 Å². The van der Waals surface area contributed by atoms with Crippen LogP contribution < -0.4 is 4.90 Å². The molecule has 0 spiro atoms. The molecule has 0 bridgehead atoms. The average molecular weight is 706 g/mol. The normalized spacial score (nSPS) is 12.7. The van der Waals surface area contributed by atoms with Gasteiger partial charge in [0.15, 0.2) is 5.78 Å². The fourth-order valence-electron chi connectivity index (χ4n) is 6.29. The first-order valence-electron chi connectivity index (χ1n) is 16.2. The van der Waals surface area contributed by atoms with Gasteiger partial charge in [0.05, 0.1) is 21.8 Å². The lowest BCUT2D eigenvalue weighted by Gasteiger charge is -2.23. The molecule has 4 heterocycles. The van der Waals surface area contributed by atoms with E-state index in [1.165, 1.54) is 22.0 Å². The van der Waals surface area contributed by atoms with E-state index in [9.17, 15) is 18.8 Å². The Morgan fingerprint density at radius 1 is 0.960 bits per heavy atom. The van der Waals surface area contributed by atoms with Crippen LogP contribution >= 0.6 is 22.9 Å². The number of hydrogen-bond donors (Lipinski definition) is 0. The van der Waals surface area contributed by atoms with Gasteiger partial charge in [-0.25, -0.2) is 14.2 Å². The van der Waals surface area contributed by atoms with Crippen molar-refractivity contribution in [3.8, 4) is 21.7 Å². The van der Waals surface area contributed by atoms with E-state index in [1.807, 2.05) is 30.3 Å². The Morgan fingerprint density at radius 2 is 1.74 bits per heavy atom. The number of carbonyl (C=O) groups is 3. The molecule has 0 unspecified atom stereocenters. The van der Waals surface area contributed by atoms with E-state index < -0.39 is 11.7 Å². The number of thiophene rings is 1. The number of aromatic nitrogens is 2. The summed E-state index contributed by atoms with van der Waals surface area (Å²) in [5.41, 5.74) is 4.93. The Morgan fingerprint density at radius 3 is 2.52 bits per heavy atom. The number of amides is 1. The first-order valence-corrected chi connectivity index (χ1v) is 17.4. The number of aryl methyl sites for hydroxylation is 1. The van der Waals surface area contributed by atoms with Gasteiger partial charge < -0.3 is 9.64 Å². The molecule has 10 heteroatoms. The van der Waals surface area contributed by atoms with Gasteiger partial charge in [-0.1, -0.05) is 48.0 Å². The van der Waals surface area contributed by atoms with Crippen molar-refractivity contribution < 1.29 is 23.5 Å². The fraction of sp³-hybridized carbons (Fsp3) is 0.200. The number of halogens is 2. The lowest BCUT2D eigenvalue weighted by molar-refractivity contribution is 0.0544. The van der Waals surface area contributed by atoms with Gasteiger partial charge in [-0.2, -0.15) is 0 Å². The average Bonchev–Trinajstić information content (AvgIpc) is 3.64. The highest BCUT2D eigenvalue weighted by Crippen LogP contribution is 2.42. The molecule has 3 aromatic carbocycles. The SMILES string of the molecule is Cc1cccc(F)c1CC(=O)c1cc2c(s1)-c1ccccc1N(C(=O)c1cccc(-c3cn(C(=O)OC(C)(C)C)c4ccc(Cl)cc34)n1)CC2. The largest absolute Gasteiger partial charge is 0.443 e. The topological polar surface area (TPSA) is 81.5 Å². The zero-order valence-corrected chi connectivity index (χ0v) is 29.5. The molecule has 3 aromatic heterocycles. The number of hydrogen-bond acceptors (Lipinski definition) is 6. The first-order chi connectivity index (χ1) is 23.9. The van der Waals surface area contributed by atoms with Crippen LogP contribution in [0.15, 0.2) is 91.1 Å². The zero-order chi connectivity index (χ0) is 35.3. The molecule has 6 aromatic rings. The molecule has 7 nitrogen and oxygen atoms in total. The lowest BCUT2D eigenvalue weighted by atomic mass is 10.0. The Hall–Kier alpha value is -5.12. The van der Waals surface area contributed by atoms with Crippen LogP contribution in [0.25, 0.3) is 32.6 Å². The summed E-state index contributed by atoms with van der Waals surface area (Å²) in [6.07, 6.45) is 1.62. The van der Waals surface area contributed by atoms with Crippen LogP contribution in [0.3, 0.4) is 0 Å². The lowest BCUT2D eigenvalue weighted by Crippen LogP contribution is -2.33. The molecule has 50 heavy (non-hydrogen) atoms. The van der Waals surface area contributed by atoms with Crippen LogP contribution in [-0.4, -0.2) is 39.5 Å². The standard InChI is InChI=1S/C40H33ClFN3O4S/c1-23-9-7-11-30(42)27(23)21-35(46)36-19-24-17-18-44(33-14-6-5-10-26(33)37(24)50-36)38(47)32-13-8-12-31(43-32)29-22-45(39(48)49-40(2,3)4)34-16-15-25(41)20-28(29)34/h5-16,19-20,22H,17-18,21H2,1-4H3. The van der Waals surface area contributed by atoms with Gasteiger partial charge in [-0.05, 0) is 99.3 Å². The fourth-order valence-corrected chi connectivity index (χ4v) is 7.65. The third-order valence-corrected chi connectivity index (χ3v) is 10.2. The van der Waals surface area contributed by atoms with Crippen LogP contribution in [0.1, 0.15) is 57.6 Å². The van der Waals surface area contributed by atoms with Gasteiger partial charge in [-0.15, -0.1) is 11.3 Å². The number of para-hydroxylation sites is 1. The van der Waals surface area contributed by atoms with Gasteiger partial charge in [0.2, 0.25) is 0 Å². The molecule has 252 valence electrons. The third-order valence-electron chi connectivity index (χ3n) is 8.66. The van der Waals surface area contributed by atoms with Crippen LogP contribution in [-0.2, 0) is 17.6 Å². The molecule has 1 aliphatic heterocycles. The van der Waals surface area contributed by atoms with E-state index >= 15 is 0 Å². The van der Waals surface area contributed by atoms with Gasteiger partial charge in [0, 0.05) is 45.6 Å². The maximum Gasteiger partial charge on any atom is 0.419 e. The monoisotopic (exact) mass is 705 g/mol. The molecule has 0 N–H and O–H groups in total. The molecule has 0 aliphatic carbocycles. The zero-order valence-electron chi connectivity index (χ0n) is 27.9. The maximum absolute atomic E-state index is 14.5. The van der Waals surface area contributed by atoms with Crippen molar-refractivity contribution in [1.82, 2.24) is 9.55 Å². The molecule has 1 amide bonds. The minimum Gasteiger partial charge on any atom is -0.443 e. The van der Waals surface area contributed by atoms with Gasteiger partial charge >= 0.3 is 6.09 Å². The molecular formula is C40H33ClFN3O4S. The Balaban J connectivity index is 1.21. The summed E-state index contributed by atoms with van der Waals surface area (Å²) in [6.45, 7) is 7.58. The summed E-state index contributed by atoms with van der Waals surface area (Å²) in [5, 5.41) is 1.19. The highest BCUT2D eigenvalue weighted by Gasteiger charge is 2.29. The predicted molar refractivity (Wildman–Crippen MR) is 196 cm³/mol. The van der Waals surface area contributed by atoms with Crippen LogP contribution in [0.5, 0.6) is 0 Å². The molecule has 1 aliphatic rings. The summed E-state index contributed by atoms with van der Waals surface area (Å²) in [5.74, 6) is -0.807. The van der Waals surface area contributed by atoms with Crippen molar-refractivity contribution in [3.05, 3.63) is 129 Å². The van der Waals surface area contributed by atoms with E-state index in [0.29, 0.717) is 56.3 Å². The molecule has 0 saturated carbocycles. The van der Waals surface area contributed by atoms with Crippen LogP contribution in [0, 0.1) is 12.7 Å². The van der Waals surface area contributed by atoms with Crippen molar-refractivity contribution in [2.75, 3.05) is 11.4 Å². The molecule has 0 radical (unpaired) electrons. The minimum absolute atomic E-state index is 0.0190. The Labute approximate surface area is 297 Å². The first kappa shape index (κ1) is 33.4. The minimum atomic E-state index is -0.699. The van der Waals surface area contributed by atoms with Crippen molar-refractivity contribution >= 4 is 57.3 Å². The number of Topliss-reactive ketones (excluding diaryl/α,β-unsaturated/α-hetero) is 1. The summed E-state index contributed by atoms with van der Waals surface area (Å²) in [4.78, 5) is 48.8. The third kappa shape index (κ3) is 6.34. The highest BCUT2D eigenvalue weighted by atomic mass is 35.5. The van der Waals surface area contributed by atoms with Crippen molar-refractivity contribution in [3.63, 3.8) is 0 Å². The number of fused-ring (bicyclic) bond motifs is 4. The quantitative estimate of drug-likeness (QED) is 0.167. The van der Waals surface area contributed by atoms with E-state index in [2.05, 4.69) is 0 Å². The molecule has 0 saturated heterocycles. The smallest absolute Gasteiger partial charge is 0.419 e. The van der Waals surface area contributed by atoms with E-state index in [1.54, 1.807) is 87.3 Å². The number of carbonyl (C=O) groups excluding carboxylic acids is 3. The van der Waals surface area contributed by atoms with Gasteiger partial charge in [-0.3, -0.25) is 14.2 Å². The summed E-state index contributed by atoms with van der Waals surface area (Å²) >= 11 is 7.76. The second kappa shape index (κ2) is 13.0. The number of benzene rings is 3. The van der Waals surface area contributed by atoms with Crippen LogP contribution in [0.2, 0.25) is 5.02 Å². The summed E-state index contributed by atoms with van der Waals surface area (Å²) in [6, 6.07) is 24.8. The Kier molecular flexibility index (Phi) is 8.66. The number of nitrogens with zero attached hydrogens (tertiary/aromatic N) is 3. The molecule has 0 atom stereocenters. The maximum atomic E-state index is 14.5. The van der Waals surface area contributed by atoms with Gasteiger partial charge in [0.1, 0.15) is 17.1 Å². The number of rotatable bonds is 5. The second-order valence-corrected chi connectivity index (χ2v) is 14.8. The van der Waals surface area contributed by atoms with Crippen molar-refractivity contribution in [2.24, 2.45) is 0 Å². The highest BCUT2D eigenvalue weighted by molar-refractivity contribution is 7.17. The van der Waals surface area contributed by atoms with Gasteiger partial charge in [0.25, 0.3) is 5.91 Å². The molecule has 7 rings (SSSR count). The summed E-state index contributed by atoms with van der Waals surface area (Å²) in [7, 11) is 0. The van der Waals surface area contributed by atoms with E-state index in [-0.39, 0.29) is 29.6 Å². The number of ether oxygens (including phenoxy) is 1. The van der Waals surface area contributed by atoms with Crippen molar-refractivity contribution in [2.45, 2.75) is 46.1 Å². The molecular weight excluding hydrogens is 673 g/mol. The summed E-state index contributed by atoms with van der Waals surface area (Å²) < 4.78 is 21.6. The number of pyridine rings is 1. The second-order valence-electron chi connectivity index (χ2n) is 13.3.